The van der Waals surface area contributed by atoms with Gasteiger partial charge >= 0.3 is 0 Å². The van der Waals surface area contributed by atoms with Gasteiger partial charge in [-0.3, -0.25) is 4.90 Å². The van der Waals surface area contributed by atoms with Crippen molar-refractivity contribution >= 4 is 0 Å². The molecule has 0 bridgehead atoms. The van der Waals surface area contributed by atoms with Crippen LogP contribution >= 0.6 is 0 Å². The zero-order valence-corrected chi connectivity index (χ0v) is 11.1. The Morgan fingerprint density at radius 1 is 1.35 bits per heavy atom. The van der Waals surface area contributed by atoms with Gasteiger partial charge in [0.2, 0.25) is 0 Å². The Bertz CT molecular complexity index is 184. The van der Waals surface area contributed by atoms with E-state index in [1.165, 1.54) is 32.1 Å². The van der Waals surface area contributed by atoms with Gasteiger partial charge in [0.15, 0.2) is 0 Å². The van der Waals surface area contributed by atoms with Crippen molar-refractivity contribution < 1.29 is 9.84 Å². The van der Waals surface area contributed by atoms with E-state index >= 15 is 0 Å². The Morgan fingerprint density at radius 3 is 2.59 bits per heavy atom. The fraction of sp³-hybridized carbons (Fsp3) is 1.00. The maximum Gasteiger partial charge on any atom is 0.0823 e. The molecule has 0 amide bonds. The molecule has 1 atom stereocenters. The van der Waals surface area contributed by atoms with Crippen LogP contribution in [-0.4, -0.2) is 55.0 Å². The second-order valence-corrected chi connectivity index (χ2v) is 4.82. The van der Waals surface area contributed by atoms with Gasteiger partial charge in [-0.1, -0.05) is 19.3 Å². The second-order valence-electron chi connectivity index (χ2n) is 4.82. The van der Waals surface area contributed by atoms with Gasteiger partial charge in [0.1, 0.15) is 0 Å². The first-order valence-corrected chi connectivity index (χ1v) is 6.98. The van der Waals surface area contributed by atoms with Crippen LogP contribution in [-0.2, 0) is 4.74 Å². The third-order valence-electron chi connectivity index (χ3n) is 3.58. The van der Waals surface area contributed by atoms with Gasteiger partial charge in [-0.2, -0.15) is 0 Å². The summed E-state index contributed by atoms with van der Waals surface area (Å²) in [4.78, 5) is 2.37. The van der Waals surface area contributed by atoms with Crippen LogP contribution in [0.2, 0.25) is 0 Å². The molecule has 0 aliphatic heterocycles. The summed E-state index contributed by atoms with van der Waals surface area (Å²) >= 11 is 0. The highest BCUT2D eigenvalue weighted by atomic mass is 16.5. The van der Waals surface area contributed by atoms with E-state index in [0.29, 0.717) is 19.2 Å². The van der Waals surface area contributed by atoms with Crippen molar-refractivity contribution in [2.24, 2.45) is 5.73 Å². The molecule has 1 aliphatic carbocycles. The normalized spacial score (nSPS) is 19.8. The number of rotatable bonds is 8. The first-order chi connectivity index (χ1) is 8.31. The van der Waals surface area contributed by atoms with E-state index in [0.717, 1.165) is 13.1 Å². The number of ether oxygens (including phenoxy) is 1. The van der Waals surface area contributed by atoms with Crippen molar-refractivity contribution in [3.63, 3.8) is 0 Å². The molecule has 1 fully saturated rings. The van der Waals surface area contributed by atoms with Gasteiger partial charge < -0.3 is 15.6 Å². The summed E-state index contributed by atoms with van der Waals surface area (Å²) in [7, 11) is 0. The largest absolute Gasteiger partial charge is 0.395 e. The predicted molar refractivity (Wildman–Crippen MR) is 70.0 cm³/mol. The minimum absolute atomic E-state index is 0.105. The minimum Gasteiger partial charge on any atom is -0.395 e. The van der Waals surface area contributed by atoms with E-state index in [1.54, 1.807) is 0 Å². The van der Waals surface area contributed by atoms with Gasteiger partial charge in [0, 0.05) is 32.3 Å². The molecule has 4 nitrogen and oxygen atoms in total. The smallest absolute Gasteiger partial charge is 0.0823 e. The summed E-state index contributed by atoms with van der Waals surface area (Å²) in [6.07, 6.45) is 6.60. The minimum atomic E-state index is 0.105. The molecule has 102 valence electrons. The quantitative estimate of drug-likeness (QED) is 0.668. The van der Waals surface area contributed by atoms with Crippen LogP contribution in [0.1, 0.15) is 39.0 Å². The highest BCUT2D eigenvalue weighted by molar-refractivity contribution is 4.78. The van der Waals surface area contributed by atoms with Gasteiger partial charge in [0.05, 0.1) is 12.7 Å². The molecule has 1 aliphatic rings. The molecule has 4 heteroatoms. The van der Waals surface area contributed by atoms with Crippen molar-refractivity contribution in [3.05, 3.63) is 0 Å². The van der Waals surface area contributed by atoms with Crippen LogP contribution in [0.15, 0.2) is 0 Å². The third-order valence-corrected chi connectivity index (χ3v) is 3.58. The zero-order valence-electron chi connectivity index (χ0n) is 11.1. The number of aliphatic hydroxyl groups excluding tert-OH is 1. The standard InChI is InChI=1S/C13H28N2O2/c1-2-17-13(10-14)11-15(8-9-16)12-6-4-3-5-7-12/h12-13,16H,2-11,14H2,1H3. The molecule has 0 heterocycles. The molecule has 0 radical (unpaired) electrons. The molecule has 1 unspecified atom stereocenters. The Balaban J connectivity index is 2.44. The lowest BCUT2D eigenvalue weighted by Crippen LogP contribution is -2.45. The molecule has 0 aromatic carbocycles. The van der Waals surface area contributed by atoms with Gasteiger partial charge in [-0.25, -0.2) is 0 Å². The monoisotopic (exact) mass is 244 g/mol. The highest BCUT2D eigenvalue weighted by Gasteiger charge is 2.23. The van der Waals surface area contributed by atoms with Crippen LogP contribution in [0.5, 0.6) is 0 Å². The molecule has 3 N–H and O–H groups in total. The number of hydrogen-bond donors (Lipinski definition) is 2. The summed E-state index contributed by atoms with van der Waals surface area (Å²) < 4.78 is 5.61. The van der Waals surface area contributed by atoms with Crippen molar-refractivity contribution in [2.75, 3.05) is 32.8 Å². The van der Waals surface area contributed by atoms with Gasteiger partial charge in [-0.05, 0) is 19.8 Å². The number of aliphatic hydroxyl groups is 1. The van der Waals surface area contributed by atoms with E-state index in [2.05, 4.69) is 4.90 Å². The first kappa shape index (κ1) is 14.9. The summed E-state index contributed by atoms with van der Waals surface area (Å²) in [6.45, 7) is 5.09. The fourth-order valence-electron chi connectivity index (χ4n) is 2.69. The second kappa shape index (κ2) is 8.86. The Hall–Kier alpha value is -0.160. The summed E-state index contributed by atoms with van der Waals surface area (Å²) in [5.74, 6) is 0. The maximum absolute atomic E-state index is 9.17. The topological polar surface area (TPSA) is 58.7 Å². The number of hydrogen-bond acceptors (Lipinski definition) is 4. The van der Waals surface area contributed by atoms with E-state index in [9.17, 15) is 0 Å². The Morgan fingerprint density at radius 2 is 2.06 bits per heavy atom. The molecule has 0 aromatic rings. The van der Waals surface area contributed by atoms with Gasteiger partial charge in [0.25, 0.3) is 0 Å². The van der Waals surface area contributed by atoms with Gasteiger partial charge in [-0.15, -0.1) is 0 Å². The SMILES string of the molecule is CCOC(CN)CN(CCO)C1CCCCC1. The average molecular weight is 244 g/mol. The van der Waals surface area contributed by atoms with Crippen LogP contribution in [0, 0.1) is 0 Å². The molecule has 17 heavy (non-hydrogen) atoms. The predicted octanol–water partition coefficient (Wildman–Crippen LogP) is 0.977. The molecule has 0 saturated heterocycles. The summed E-state index contributed by atoms with van der Waals surface area (Å²) in [6, 6.07) is 0.616. The van der Waals surface area contributed by atoms with E-state index in [4.69, 9.17) is 15.6 Å². The van der Waals surface area contributed by atoms with Crippen molar-refractivity contribution in [1.82, 2.24) is 4.90 Å². The third kappa shape index (κ3) is 5.34. The zero-order chi connectivity index (χ0) is 12.5. The molecule has 0 aromatic heterocycles. The lowest BCUT2D eigenvalue weighted by molar-refractivity contribution is 0.0161. The number of nitrogens with two attached hydrogens (primary N) is 1. The lowest BCUT2D eigenvalue weighted by atomic mass is 9.94. The Labute approximate surface area is 105 Å². The van der Waals surface area contributed by atoms with Crippen LogP contribution < -0.4 is 5.73 Å². The van der Waals surface area contributed by atoms with Crippen LogP contribution in [0.25, 0.3) is 0 Å². The highest BCUT2D eigenvalue weighted by Crippen LogP contribution is 2.22. The summed E-state index contributed by atoms with van der Waals surface area (Å²) in [5.41, 5.74) is 5.72. The number of nitrogens with zero attached hydrogens (tertiary/aromatic N) is 1. The Kier molecular flexibility index (Phi) is 7.77. The van der Waals surface area contributed by atoms with E-state index in [1.807, 2.05) is 6.92 Å². The average Bonchev–Trinajstić information content (AvgIpc) is 2.38. The maximum atomic E-state index is 9.17. The molecular formula is C13H28N2O2. The van der Waals surface area contributed by atoms with E-state index < -0.39 is 0 Å². The molecule has 1 rings (SSSR count). The fourth-order valence-corrected chi connectivity index (χ4v) is 2.69. The molecule has 0 spiro atoms. The lowest BCUT2D eigenvalue weighted by Gasteiger charge is -2.35. The van der Waals surface area contributed by atoms with Crippen LogP contribution in [0.4, 0.5) is 0 Å². The first-order valence-electron chi connectivity index (χ1n) is 6.98. The molecule has 1 saturated carbocycles. The summed E-state index contributed by atoms with van der Waals surface area (Å²) in [5, 5.41) is 9.17. The van der Waals surface area contributed by atoms with Crippen molar-refractivity contribution in [2.45, 2.75) is 51.2 Å². The molecular weight excluding hydrogens is 216 g/mol. The van der Waals surface area contributed by atoms with Crippen LogP contribution in [0.3, 0.4) is 0 Å². The van der Waals surface area contributed by atoms with Crippen molar-refractivity contribution in [3.8, 4) is 0 Å². The van der Waals surface area contributed by atoms with E-state index in [-0.39, 0.29) is 12.7 Å². The van der Waals surface area contributed by atoms with Crippen molar-refractivity contribution in [1.29, 1.82) is 0 Å².